The van der Waals surface area contributed by atoms with Gasteiger partial charge in [-0.05, 0) is 31.2 Å². The molecule has 2 rings (SSSR count). The van der Waals surface area contributed by atoms with Crippen molar-refractivity contribution in [3.63, 3.8) is 0 Å². The second-order valence-electron chi connectivity index (χ2n) is 3.32. The van der Waals surface area contributed by atoms with E-state index < -0.39 is 0 Å². The lowest BCUT2D eigenvalue weighted by molar-refractivity contribution is 0.708. The van der Waals surface area contributed by atoms with Crippen LogP contribution in [-0.2, 0) is 0 Å². The first kappa shape index (κ1) is 5.72. The first-order chi connectivity index (χ1) is 4.45. The fraction of sp³-hybridized carbons (Fsp3) is 0.875. The zero-order chi connectivity index (χ0) is 6.10. The van der Waals surface area contributed by atoms with Crippen LogP contribution in [0.5, 0.6) is 0 Å². The molecular weight excluding hydrogens is 110 g/mol. The molecule has 0 bridgehead atoms. The van der Waals surface area contributed by atoms with Crippen LogP contribution in [-0.4, -0.2) is 13.1 Å². The van der Waals surface area contributed by atoms with Gasteiger partial charge in [-0.3, -0.25) is 0 Å². The molecule has 1 nitrogen and oxygen atoms in total. The van der Waals surface area contributed by atoms with E-state index in [1.54, 1.807) is 5.92 Å². The summed E-state index contributed by atoms with van der Waals surface area (Å²) in [6.07, 6.45) is 5.80. The third-order valence-corrected chi connectivity index (χ3v) is 2.30. The molecule has 0 aromatic carbocycles. The van der Waals surface area contributed by atoms with E-state index in [9.17, 15) is 0 Å². The molecule has 9 heavy (non-hydrogen) atoms. The quantitative estimate of drug-likeness (QED) is 0.586. The minimum atomic E-state index is 1.10. The lowest BCUT2D eigenvalue weighted by Gasteiger charge is -2.03. The molecular formula is C8H14N. The molecule has 1 N–H and O–H groups in total. The molecule has 0 atom stereocenters. The van der Waals surface area contributed by atoms with Gasteiger partial charge in [-0.2, -0.15) is 0 Å². The van der Waals surface area contributed by atoms with E-state index in [1.165, 1.54) is 38.8 Å². The second-order valence-corrected chi connectivity index (χ2v) is 3.32. The van der Waals surface area contributed by atoms with Gasteiger partial charge >= 0.3 is 0 Å². The number of rotatable bonds is 2. The lowest BCUT2D eigenvalue weighted by atomic mass is 10.0. The molecule has 1 aliphatic carbocycles. The van der Waals surface area contributed by atoms with E-state index in [0.29, 0.717) is 0 Å². The molecule has 1 saturated heterocycles. The van der Waals surface area contributed by atoms with Crippen molar-refractivity contribution in [2.75, 3.05) is 13.1 Å². The summed E-state index contributed by atoms with van der Waals surface area (Å²) in [5.74, 6) is 2.87. The van der Waals surface area contributed by atoms with Gasteiger partial charge in [0, 0.05) is 6.54 Å². The summed E-state index contributed by atoms with van der Waals surface area (Å²) in [4.78, 5) is 0. The van der Waals surface area contributed by atoms with Crippen molar-refractivity contribution in [1.82, 2.24) is 5.32 Å². The van der Waals surface area contributed by atoms with Gasteiger partial charge in [0.1, 0.15) is 0 Å². The largest absolute Gasteiger partial charge is 0.316 e. The van der Waals surface area contributed by atoms with Crippen LogP contribution >= 0.6 is 0 Å². The van der Waals surface area contributed by atoms with E-state index in [1.807, 2.05) is 0 Å². The molecule has 1 aliphatic heterocycles. The molecule has 51 valence electrons. The van der Waals surface area contributed by atoms with Gasteiger partial charge in [0.2, 0.25) is 0 Å². The molecule has 1 saturated carbocycles. The van der Waals surface area contributed by atoms with Crippen molar-refractivity contribution in [2.45, 2.75) is 25.7 Å². The molecule has 0 aromatic rings. The number of nitrogens with one attached hydrogen (secondary N) is 1. The summed E-state index contributed by atoms with van der Waals surface area (Å²) in [6, 6.07) is 0. The van der Waals surface area contributed by atoms with Gasteiger partial charge in [0.15, 0.2) is 0 Å². The van der Waals surface area contributed by atoms with Crippen molar-refractivity contribution in [2.24, 2.45) is 5.92 Å². The average Bonchev–Trinajstić information content (AvgIpc) is 2.46. The maximum atomic E-state index is 3.37. The van der Waals surface area contributed by atoms with Crippen molar-refractivity contribution in [3.8, 4) is 0 Å². The van der Waals surface area contributed by atoms with Gasteiger partial charge < -0.3 is 5.32 Å². The highest BCUT2D eigenvalue weighted by Crippen LogP contribution is 2.37. The fourth-order valence-corrected chi connectivity index (χ4v) is 1.52. The maximum Gasteiger partial charge on any atom is 0.00142 e. The SMILES string of the molecule is C1C[C](CC2CC2)CN1. The van der Waals surface area contributed by atoms with Crippen LogP contribution in [0.3, 0.4) is 0 Å². The van der Waals surface area contributed by atoms with Crippen LogP contribution < -0.4 is 5.32 Å². The summed E-state index contributed by atoms with van der Waals surface area (Å²) < 4.78 is 0. The Labute approximate surface area is 56.8 Å². The number of hydrogen-bond donors (Lipinski definition) is 1. The molecule has 0 unspecified atom stereocenters. The van der Waals surface area contributed by atoms with Crippen LogP contribution in [0.1, 0.15) is 25.7 Å². The van der Waals surface area contributed by atoms with Gasteiger partial charge in [0.05, 0.1) is 0 Å². The van der Waals surface area contributed by atoms with Crippen LogP contribution in [0, 0.1) is 11.8 Å². The second kappa shape index (κ2) is 2.30. The van der Waals surface area contributed by atoms with Crippen LogP contribution in [0.25, 0.3) is 0 Å². The molecule has 0 aromatic heterocycles. The summed E-state index contributed by atoms with van der Waals surface area (Å²) in [7, 11) is 0. The highest BCUT2D eigenvalue weighted by Gasteiger charge is 2.26. The summed E-state index contributed by atoms with van der Waals surface area (Å²) in [5.41, 5.74) is 0. The minimum Gasteiger partial charge on any atom is -0.316 e. The van der Waals surface area contributed by atoms with Gasteiger partial charge in [-0.25, -0.2) is 0 Å². The molecule has 1 heterocycles. The Hall–Kier alpha value is -0.0400. The average molecular weight is 124 g/mol. The van der Waals surface area contributed by atoms with Crippen molar-refractivity contribution in [1.29, 1.82) is 0 Å². The lowest BCUT2D eigenvalue weighted by Crippen LogP contribution is -2.07. The topological polar surface area (TPSA) is 12.0 Å². The Morgan fingerprint density at radius 2 is 2.33 bits per heavy atom. The Balaban J connectivity index is 1.70. The van der Waals surface area contributed by atoms with E-state index in [2.05, 4.69) is 5.32 Å². The standard InChI is InChI=1S/C8H14N/c1-2-7(1)5-8-3-4-9-6-8/h7,9H,1-6H2. The Morgan fingerprint density at radius 1 is 1.44 bits per heavy atom. The van der Waals surface area contributed by atoms with Gasteiger partial charge in [-0.15, -0.1) is 0 Å². The zero-order valence-electron chi connectivity index (χ0n) is 5.82. The Kier molecular flexibility index (Phi) is 1.46. The van der Waals surface area contributed by atoms with Crippen LogP contribution in [0.15, 0.2) is 0 Å². The molecule has 2 fully saturated rings. The monoisotopic (exact) mass is 124 g/mol. The van der Waals surface area contributed by atoms with E-state index in [0.717, 1.165) is 5.92 Å². The van der Waals surface area contributed by atoms with Crippen molar-refractivity contribution in [3.05, 3.63) is 5.92 Å². The normalized spacial score (nSPS) is 29.3. The summed E-state index contributed by atoms with van der Waals surface area (Å²) >= 11 is 0. The third kappa shape index (κ3) is 1.45. The van der Waals surface area contributed by atoms with Crippen LogP contribution in [0.2, 0.25) is 0 Å². The Morgan fingerprint density at radius 3 is 2.89 bits per heavy atom. The van der Waals surface area contributed by atoms with Crippen molar-refractivity contribution >= 4 is 0 Å². The van der Waals surface area contributed by atoms with E-state index in [4.69, 9.17) is 0 Å². The van der Waals surface area contributed by atoms with Gasteiger partial charge in [-0.1, -0.05) is 12.8 Å². The first-order valence-electron chi connectivity index (χ1n) is 3.99. The zero-order valence-corrected chi connectivity index (χ0v) is 5.82. The predicted molar refractivity (Wildman–Crippen MR) is 38.1 cm³/mol. The molecule has 0 amide bonds. The fourth-order valence-electron chi connectivity index (χ4n) is 1.52. The van der Waals surface area contributed by atoms with E-state index in [-0.39, 0.29) is 0 Å². The maximum absolute atomic E-state index is 3.37. The van der Waals surface area contributed by atoms with Crippen LogP contribution in [0.4, 0.5) is 0 Å². The third-order valence-electron chi connectivity index (χ3n) is 2.30. The summed E-state index contributed by atoms with van der Waals surface area (Å²) in [5, 5.41) is 3.37. The van der Waals surface area contributed by atoms with Gasteiger partial charge in [0.25, 0.3) is 0 Å². The van der Waals surface area contributed by atoms with Crippen molar-refractivity contribution < 1.29 is 0 Å². The molecule has 1 radical (unpaired) electrons. The van der Waals surface area contributed by atoms with E-state index >= 15 is 0 Å². The predicted octanol–water partition coefficient (Wildman–Crippen LogP) is 1.35. The first-order valence-corrected chi connectivity index (χ1v) is 3.99. The highest BCUT2D eigenvalue weighted by atomic mass is 14.9. The molecule has 2 aliphatic rings. The molecule has 1 heteroatoms. The smallest absolute Gasteiger partial charge is 0.00142 e. The highest BCUT2D eigenvalue weighted by molar-refractivity contribution is 5.01. The minimum absolute atomic E-state index is 1.10. The Bertz CT molecular complexity index is 90.7. The molecule has 0 spiro atoms. The number of hydrogen-bond acceptors (Lipinski definition) is 1. The summed E-state index contributed by atoms with van der Waals surface area (Å²) in [6.45, 7) is 2.46.